The van der Waals surface area contributed by atoms with Crippen molar-refractivity contribution in [1.82, 2.24) is 0 Å². The highest BCUT2D eigenvalue weighted by molar-refractivity contribution is 8.00. The smallest absolute Gasteiger partial charge is 0.112 e. The SMILES string of the molecule is CC.CN=C(CSCC(C)OC(C)C)/C(=N\N)c1ccccc1. The molecule has 130 valence electrons. The number of nitrogens with zero attached hydrogens (tertiary/aromatic N) is 2. The first kappa shape index (κ1) is 21.7. The van der Waals surface area contributed by atoms with Gasteiger partial charge in [0.05, 0.1) is 17.9 Å². The summed E-state index contributed by atoms with van der Waals surface area (Å²) in [6.45, 7) is 10.2. The summed E-state index contributed by atoms with van der Waals surface area (Å²) >= 11 is 1.78. The molecular weight excluding hydrogens is 306 g/mol. The minimum Gasteiger partial charge on any atom is -0.375 e. The third-order valence-corrected chi connectivity index (χ3v) is 4.00. The summed E-state index contributed by atoms with van der Waals surface area (Å²) in [5.41, 5.74) is 2.65. The molecule has 0 aliphatic heterocycles. The number of nitrogens with two attached hydrogens (primary N) is 1. The number of hydrazone groups is 1. The van der Waals surface area contributed by atoms with Crippen molar-refractivity contribution < 1.29 is 4.74 Å². The van der Waals surface area contributed by atoms with Crippen LogP contribution in [0.25, 0.3) is 0 Å². The van der Waals surface area contributed by atoms with Crippen LogP contribution in [0.15, 0.2) is 40.4 Å². The third-order valence-electron chi connectivity index (χ3n) is 2.82. The molecule has 0 saturated heterocycles. The lowest BCUT2D eigenvalue weighted by Gasteiger charge is -2.16. The second kappa shape index (κ2) is 13.1. The van der Waals surface area contributed by atoms with Crippen molar-refractivity contribution in [3.05, 3.63) is 35.9 Å². The summed E-state index contributed by atoms with van der Waals surface area (Å²) in [5, 5.41) is 3.92. The van der Waals surface area contributed by atoms with Gasteiger partial charge < -0.3 is 10.6 Å². The molecule has 23 heavy (non-hydrogen) atoms. The predicted octanol–water partition coefficient (Wildman–Crippen LogP) is 3.99. The zero-order valence-corrected chi connectivity index (χ0v) is 16.1. The van der Waals surface area contributed by atoms with Crippen LogP contribution in [-0.4, -0.2) is 42.2 Å². The Bertz CT molecular complexity index is 472. The summed E-state index contributed by atoms with van der Waals surface area (Å²) in [4.78, 5) is 4.34. The molecule has 4 nitrogen and oxygen atoms in total. The van der Waals surface area contributed by atoms with Crippen LogP contribution in [-0.2, 0) is 4.74 Å². The van der Waals surface area contributed by atoms with Gasteiger partial charge in [-0.05, 0) is 20.8 Å². The maximum Gasteiger partial charge on any atom is 0.112 e. The Balaban J connectivity index is 0.00000232. The van der Waals surface area contributed by atoms with Crippen molar-refractivity contribution in [2.24, 2.45) is 15.9 Å². The molecule has 5 heteroatoms. The zero-order chi connectivity index (χ0) is 17.7. The minimum atomic E-state index is 0.225. The molecule has 1 aromatic carbocycles. The summed E-state index contributed by atoms with van der Waals surface area (Å²) < 4.78 is 5.72. The maximum atomic E-state index is 5.72. The van der Waals surface area contributed by atoms with E-state index in [4.69, 9.17) is 10.6 Å². The summed E-state index contributed by atoms with van der Waals surface area (Å²) in [7, 11) is 1.78. The van der Waals surface area contributed by atoms with E-state index in [0.717, 1.165) is 28.5 Å². The fourth-order valence-corrected chi connectivity index (χ4v) is 2.96. The fraction of sp³-hybridized carbons (Fsp3) is 0.556. The second-order valence-electron chi connectivity index (χ2n) is 5.02. The van der Waals surface area contributed by atoms with E-state index in [9.17, 15) is 0 Å². The van der Waals surface area contributed by atoms with Gasteiger partial charge in [0, 0.05) is 24.1 Å². The molecule has 1 atom stereocenters. The quantitative estimate of drug-likeness (QED) is 0.443. The van der Waals surface area contributed by atoms with Crippen LogP contribution in [0.4, 0.5) is 0 Å². The van der Waals surface area contributed by atoms with E-state index in [1.807, 2.05) is 44.2 Å². The largest absolute Gasteiger partial charge is 0.375 e. The Kier molecular flexibility index (Phi) is 12.4. The van der Waals surface area contributed by atoms with Crippen LogP contribution in [0.3, 0.4) is 0 Å². The van der Waals surface area contributed by atoms with Gasteiger partial charge in [-0.1, -0.05) is 44.2 Å². The summed E-state index contributed by atoms with van der Waals surface area (Å²) in [6.07, 6.45) is 0.480. The number of thioether (sulfide) groups is 1. The van der Waals surface area contributed by atoms with E-state index in [1.54, 1.807) is 18.8 Å². The van der Waals surface area contributed by atoms with Crippen molar-refractivity contribution in [2.45, 2.75) is 46.8 Å². The van der Waals surface area contributed by atoms with Crippen molar-refractivity contribution in [1.29, 1.82) is 0 Å². The van der Waals surface area contributed by atoms with Gasteiger partial charge in [-0.25, -0.2) is 0 Å². The molecule has 0 heterocycles. The van der Waals surface area contributed by atoms with Crippen molar-refractivity contribution in [3.63, 3.8) is 0 Å². The van der Waals surface area contributed by atoms with Gasteiger partial charge in [-0.2, -0.15) is 16.9 Å². The number of benzene rings is 1. The van der Waals surface area contributed by atoms with E-state index in [-0.39, 0.29) is 12.2 Å². The normalized spacial score (nSPS) is 13.5. The maximum absolute atomic E-state index is 5.72. The first-order valence-corrected chi connectivity index (χ1v) is 9.26. The monoisotopic (exact) mass is 337 g/mol. The average molecular weight is 338 g/mol. The summed E-state index contributed by atoms with van der Waals surface area (Å²) in [6, 6.07) is 9.90. The number of hydrogen-bond acceptors (Lipinski definition) is 5. The predicted molar refractivity (Wildman–Crippen MR) is 105 cm³/mol. The Morgan fingerprint density at radius 3 is 2.26 bits per heavy atom. The molecule has 1 aromatic rings. The van der Waals surface area contributed by atoms with Crippen molar-refractivity contribution in [2.75, 3.05) is 18.6 Å². The Morgan fingerprint density at radius 1 is 1.17 bits per heavy atom. The molecule has 0 amide bonds. The number of aliphatic imine (C=N–C) groups is 1. The topological polar surface area (TPSA) is 60.0 Å². The third kappa shape index (κ3) is 8.77. The molecule has 0 aliphatic carbocycles. The van der Waals surface area contributed by atoms with Crippen LogP contribution in [0.1, 0.15) is 40.2 Å². The molecule has 0 saturated carbocycles. The van der Waals surface area contributed by atoms with Gasteiger partial charge in [0.15, 0.2) is 0 Å². The molecule has 0 spiro atoms. The van der Waals surface area contributed by atoms with E-state index >= 15 is 0 Å². The first-order valence-electron chi connectivity index (χ1n) is 8.11. The number of hydrogen-bond donors (Lipinski definition) is 1. The molecule has 1 rings (SSSR count). The highest BCUT2D eigenvalue weighted by Gasteiger charge is 2.12. The Labute approximate surface area is 145 Å². The van der Waals surface area contributed by atoms with E-state index in [2.05, 4.69) is 30.9 Å². The van der Waals surface area contributed by atoms with Gasteiger partial charge in [-0.15, -0.1) is 0 Å². The molecule has 0 aliphatic rings. The van der Waals surface area contributed by atoms with Crippen LogP contribution in [0, 0.1) is 0 Å². The Morgan fingerprint density at radius 2 is 1.78 bits per heavy atom. The molecule has 1 unspecified atom stereocenters. The van der Waals surface area contributed by atoms with Gasteiger partial charge in [-0.3, -0.25) is 4.99 Å². The lowest BCUT2D eigenvalue weighted by Crippen LogP contribution is -2.22. The number of rotatable bonds is 8. The van der Waals surface area contributed by atoms with Crippen LogP contribution >= 0.6 is 11.8 Å². The van der Waals surface area contributed by atoms with Crippen LogP contribution in [0.5, 0.6) is 0 Å². The van der Waals surface area contributed by atoms with Gasteiger partial charge >= 0.3 is 0 Å². The van der Waals surface area contributed by atoms with E-state index in [1.165, 1.54) is 0 Å². The summed E-state index contributed by atoms with van der Waals surface area (Å²) in [5.74, 6) is 7.24. The lowest BCUT2D eigenvalue weighted by molar-refractivity contribution is 0.0327. The van der Waals surface area contributed by atoms with Crippen LogP contribution < -0.4 is 5.84 Å². The Hall–Kier alpha value is -1.33. The standard InChI is InChI=1S/C16H25N3OS.C2H6/c1-12(2)20-13(3)10-21-11-15(18-4)16(19-17)14-8-6-5-7-9-14;1-2/h5-9,12-13H,10-11,17H2,1-4H3;1-2H3/b18-15?,19-16-;. The molecule has 0 aromatic heterocycles. The van der Waals surface area contributed by atoms with Gasteiger partial charge in [0.1, 0.15) is 5.71 Å². The van der Waals surface area contributed by atoms with E-state index in [0.29, 0.717) is 0 Å². The molecule has 0 fully saturated rings. The second-order valence-corrected chi connectivity index (χ2v) is 6.05. The van der Waals surface area contributed by atoms with Crippen molar-refractivity contribution >= 4 is 23.2 Å². The van der Waals surface area contributed by atoms with Gasteiger partial charge in [0.2, 0.25) is 0 Å². The minimum absolute atomic E-state index is 0.225. The average Bonchev–Trinajstić information content (AvgIpc) is 2.56. The first-order chi connectivity index (χ1) is 11.1. The molecule has 0 radical (unpaired) electrons. The fourth-order valence-electron chi connectivity index (χ4n) is 1.98. The highest BCUT2D eigenvalue weighted by atomic mass is 32.2. The van der Waals surface area contributed by atoms with Gasteiger partial charge in [0.25, 0.3) is 0 Å². The lowest BCUT2D eigenvalue weighted by atomic mass is 10.1. The zero-order valence-electron chi connectivity index (χ0n) is 15.2. The molecule has 0 bridgehead atoms. The van der Waals surface area contributed by atoms with E-state index < -0.39 is 0 Å². The van der Waals surface area contributed by atoms with Crippen LogP contribution in [0.2, 0.25) is 0 Å². The molecule has 2 N–H and O–H groups in total. The van der Waals surface area contributed by atoms with Crippen molar-refractivity contribution in [3.8, 4) is 0 Å². The number of ether oxygens (including phenoxy) is 1. The molecular formula is C18H31N3OS. The highest BCUT2D eigenvalue weighted by Crippen LogP contribution is 2.11.